The first-order chi connectivity index (χ1) is 22.3. The van der Waals surface area contributed by atoms with Gasteiger partial charge in [0, 0.05) is 28.2 Å². The molecule has 3 aliphatic carbocycles. The van der Waals surface area contributed by atoms with Gasteiger partial charge in [-0.25, -0.2) is 0 Å². The van der Waals surface area contributed by atoms with E-state index in [1.54, 1.807) is 11.1 Å². The molecule has 1 spiro atoms. The molecule has 3 aliphatic rings. The predicted octanol–water partition coefficient (Wildman–Crippen LogP) is 11.1. The van der Waals surface area contributed by atoms with Gasteiger partial charge in [-0.2, -0.15) is 0 Å². The quantitative estimate of drug-likeness (QED) is 0.193. The van der Waals surface area contributed by atoms with Crippen LogP contribution in [0.1, 0.15) is 35.1 Å². The number of benzene rings is 6. The highest BCUT2D eigenvalue weighted by atomic mass is 15.2. The Hall–Kier alpha value is -5.08. The fourth-order valence-corrected chi connectivity index (χ4v) is 9.19. The van der Waals surface area contributed by atoms with Gasteiger partial charge < -0.3 is 9.80 Å². The van der Waals surface area contributed by atoms with Gasteiger partial charge >= 0.3 is 0 Å². The highest BCUT2D eigenvalue weighted by molar-refractivity contribution is 5.86. The zero-order valence-electron chi connectivity index (χ0n) is 25.4. The Morgan fingerprint density at radius 2 is 0.711 bits per heavy atom. The molecule has 1 saturated carbocycles. The molecule has 6 aromatic carbocycles. The van der Waals surface area contributed by atoms with E-state index in [1.807, 2.05) is 0 Å². The fourth-order valence-electron chi connectivity index (χ4n) is 9.19. The van der Waals surface area contributed by atoms with Crippen molar-refractivity contribution in [2.75, 3.05) is 9.80 Å². The summed E-state index contributed by atoms with van der Waals surface area (Å²) in [6.45, 7) is 0. The van der Waals surface area contributed by atoms with Crippen molar-refractivity contribution in [3.05, 3.63) is 180 Å². The largest absolute Gasteiger partial charge is 0.310 e. The van der Waals surface area contributed by atoms with Gasteiger partial charge in [-0.15, -0.1) is 0 Å². The second kappa shape index (κ2) is 10.5. The zero-order valence-corrected chi connectivity index (χ0v) is 25.4. The summed E-state index contributed by atoms with van der Waals surface area (Å²) in [6.07, 6.45) is 4.84. The second-order valence-corrected chi connectivity index (χ2v) is 12.9. The number of hydrogen-bond acceptors (Lipinski definition) is 2. The van der Waals surface area contributed by atoms with Gasteiger partial charge in [-0.05, 0) is 120 Å². The second-order valence-electron chi connectivity index (χ2n) is 12.9. The smallest absolute Gasteiger partial charge is 0.0505 e. The molecular formula is C43H36N2. The number of rotatable bonds is 6. The maximum Gasteiger partial charge on any atom is 0.0505 e. The molecule has 0 N–H and O–H groups in total. The molecule has 218 valence electrons. The molecule has 0 saturated heterocycles. The number of nitrogens with zero attached hydrogens (tertiary/aromatic N) is 2. The van der Waals surface area contributed by atoms with E-state index in [0.29, 0.717) is 11.8 Å². The van der Waals surface area contributed by atoms with Crippen LogP contribution in [-0.2, 0) is 18.3 Å². The van der Waals surface area contributed by atoms with Gasteiger partial charge in [-0.3, -0.25) is 0 Å². The van der Waals surface area contributed by atoms with Crippen molar-refractivity contribution in [1.82, 2.24) is 0 Å². The molecule has 9 rings (SSSR count). The van der Waals surface area contributed by atoms with Crippen molar-refractivity contribution in [2.24, 2.45) is 11.8 Å². The van der Waals surface area contributed by atoms with Crippen molar-refractivity contribution < 1.29 is 0 Å². The molecule has 2 heteroatoms. The van der Waals surface area contributed by atoms with Crippen LogP contribution in [-0.4, -0.2) is 0 Å². The summed E-state index contributed by atoms with van der Waals surface area (Å²) in [5.74, 6) is 1.17. The molecule has 0 amide bonds. The lowest BCUT2D eigenvalue weighted by atomic mass is 9.68. The Bertz CT molecular complexity index is 1740. The molecule has 0 unspecified atom stereocenters. The Kier molecular flexibility index (Phi) is 6.16. The van der Waals surface area contributed by atoms with E-state index in [0.717, 1.165) is 12.8 Å². The first-order valence-corrected chi connectivity index (χ1v) is 16.4. The van der Waals surface area contributed by atoms with Crippen LogP contribution in [0.4, 0.5) is 34.1 Å². The van der Waals surface area contributed by atoms with Crippen LogP contribution >= 0.6 is 0 Å². The molecule has 0 radical (unpaired) electrons. The lowest BCUT2D eigenvalue weighted by Gasteiger charge is -2.40. The van der Waals surface area contributed by atoms with E-state index in [4.69, 9.17) is 0 Å². The van der Waals surface area contributed by atoms with Gasteiger partial charge in [0.1, 0.15) is 0 Å². The minimum absolute atomic E-state index is 0.0402. The Morgan fingerprint density at radius 1 is 0.378 bits per heavy atom. The number of hydrogen-bond donors (Lipinski definition) is 0. The number of para-hydroxylation sites is 4. The molecule has 1 fully saturated rings. The lowest BCUT2D eigenvalue weighted by Crippen LogP contribution is -2.34. The van der Waals surface area contributed by atoms with Crippen molar-refractivity contribution in [3.63, 3.8) is 0 Å². The molecule has 45 heavy (non-hydrogen) atoms. The van der Waals surface area contributed by atoms with Crippen LogP contribution in [0.3, 0.4) is 0 Å². The third-order valence-electron chi connectivity index (χ3n) is 10.7. The summed E-state index contributed by atoms with van der Waals surface area (Å²) < 4.78 is 0. The molecule has 0 heterocycles. The van der Waals surface area contributed by atoms with Crippen molar-refractivity contribution >= 4 is 34.1 Å². The van der Waals surface area contributed by atoms with Crippen molar-refractivity contribution in [2.45, 2.75) is 31.1 Å². The summed E-state index contributed by atoms with van der Waals surface area (Å²) in [6, 6.07) is 58.0. The highest BCUT2D eigenvalue weighted by Gasteiger charge is 2.62. The van der Waals surface area contributed by atoms with Crippen LogP contribution < -0.4 is 9.80 Å². The Balaban J connectivity index is 1.33. The van der Waals surface area contributed by atoms with E-state index >= 15 is 0 Å². The summed E-state index contributed by atoms with van der Waals surface area (Å²) in [7, 11) is 0. The average Bonchev–Trinajstić information content (AvgIpc) is 3.73. The molecule has 0 bridgehead atoms. The Labute approximate surface area is 266 Å². The SMILES string of the molecule is c1ccc(N(c2ccccc2)c2cccc3c2C24c5c(cccc5N(c5ccccc5)c5ccccc5)C[C@H]2CC[C@@H]4C3)cc1. The van der Waals surface area contributed by atoms with E-state index in [-0.39, 0.29) is 5.41 Å². The maximum atomic E-state index is 2.51. The van der Waals surface area contributed by atoms with E-state index in [2.05, 4.69) is 168 Å². The predicted molar refractivity (Wildman–Crippen MR) is 187 cm³/mol. The van der Waals surface area contributed by atoms with Crippen molar-refractivity contribution in [1.29, 1.82) is 0 Å². The van der Waals surface area contributed by atoms with Crippen molar-refractivity contribution in [3.8, 4) is 0 Å². The minimum atomic E-state index is -0.0402. The van der Waals surface area contributed by atoms with Crippen LogP contribution in [0.5, 0.6) is 0 Å². The van der Waals surface area contributed by atoms with Crippen LogP contribution in [0.15, 0.2) is 158 Å². The zero-order chi connectivity index (χ0) is 29.8. The van der Waals surface area contributed by atoms with Gasteiger partial charge in [0.2, 0.25) is 0 Å². The maximum absolute atomic E-state index is 2.51. The average molecular weight is 581 g/mol. The van der Waals surface area contributed by atoms with Crippen LogP contribution in [0.25, 0.3) is 0 Å². The third kappa shape index (κ3) is 3.95. The molecule has 2 nitrogen and oxygen atoms in total. The van der Waals surface area contributed by atoms with Gasteiger partial charge in [-0.1, -0.05) is 97.1 Å². The first kappa shape index (κ1) is 26.3. The van der Waals surface area contributed by atoms with Gasteiger partial charge in [0.05, 0.1) is 11.4 Å². The monoisotopic (exact) mass is 580 g/mol. The topological polar surface area (TPSA) is 6.48 Å². The summed E-state index contributed by atoms with van der Waals surface area (Å²) >= 11 is 0. The highest BCUT2D eigenvalue weighted by Crippen LogP contribution is 2.68. The van der Waals surface area contributed by atoms with Crippen LogP contribution in [0, 0.1) is 11.8 Å². The summed E-state index contributed by atoms with van der Waals surface area (Å²) in [5, 5.41) is 0. The van der Waals surface area contributed by atoms with Crippen LogP contribution in [0.2, 0.25) is 0 Å². The van der Waals surface area contributed by atoms with E-state index in [1.165, 1.54) is 58.1 Å². The molecule has 2 atom stereocenters. The molecule has 0 aromatic heterocycles. The van der Waals surface area contributed by atoms with Gasteiger partial charge in [0.25, 0.3) is 0 Å². The van der Waals surface area contributed by atoms with E-state index < -0.39 is 0 Å². The molecule has 0 aliphatic heterocycles. The fraction of sp³-hybridized carbons (Fsp3) is 0.163. The standard InChI is InChI=1S/C43H36N2/c1-5-17-35(18-6-1)44(36-19-7-2-8-20-36)39-25-13-15-31-29-33-27-28-34-30-32-16-14-26-40(42(32)43(33,34)41(31)39)45(37-21-9-3-10-22-37)38-23-11-4-12-24-38/h1-26,33-34H,27-30H2/t33-,34-,43?/m1/s1. The lowest BCUT2D eigenvalue weighted by molar-refractivity contribution is 0.350. The summed E-state index contributed by atoms with van der Waals surface area (Å²) in [4.78, 5) is 5.02. The Morgan fingerprint density at radius 3 is 1.04 bits per heavy atom. The first-order valence-electron chi connectivity index (χ1n) is 16.4. The van der Waals surface area contributed by atoms with Gasteiger partial charge in [0.15, 0.2) is 0 Å². The molecular weight excluding hydrogens is 544 g/mol. The number of anilines is 6. The molecule has 6 aromatic rings. The third-order valence-corrected chi connectivity index (χ3v) is 10.7. The number of fused-ring (bicyclic) bond motifs is 2. The summed E-state index contributed by atoms with van der Waals surface area (Å²) in [5.41, 5.74) is 13.6. The van der Waals surface area contributed by atoms with E-state index in [9.17, 15) is 0 Å². The minimum Gasteiger partial charge on any atom is -0.310 e. The normalized spacial score (nSPS) is 20.6.